The van der Waals surface area contributed by atoms with E-state index in [9.17, 15) is 14.7 Å². The highest BCUT2D eigenvalue weighted by atomic mass is 32.2. The molecule has 2 atom stereocenters. The summed E-state index contributed by atoms with van der Waals surface area (Å²) in [6.07, 6.45) is 4.32. The molecule has 0 spiro atoms. The van der Waals surface area contributed by atoms with Crippen LogP contribution in [0.25, 0.3) is 0 Å². The second-order valence-electron chi connectivity index (χ2n) is 5.04. The van der Waals surface area contributed by atoms with Crippen molar-refractivity contribution in [3.8, 4) is 0 Å². The second kappa shape index (κ2) is 6.41. The maximum atomic E-state index is 11.5. The van der Waals surface area contributed by atoms with Crippen LogP contribution in [0.1, 0.15) is 32.6 Å². The predicted octanol–water partition coefficient (Wildman–Crippen LogP) is 1.24. The van der Waals surface area contributed by atoms with Crippen LogP contribution < -0.4 is 10.9 Å². The molecule has 20 heavy (non-hydrogen) atoms. The SMILES string of the molecule is CCCNC1(C(=O)O)CCC(Sc2nccc(=O)[nH]2)C1. The summed E-state index contributed by atoms with van der Waals surface area (Å²) in [4.78, 5) is 29.5. The highest BCUT2D eigenvalue weighted by Crippen LogP contribution is 2.39. The summed E-state index contributed by atoms with van der Waals surface area (Å²) in [6, 6.07) is 1.36. The average molecular weight is 297 g/mol. The zero-order chi connectivity index (χ0) is 14.6. The van der Waals surface area contributed by atoms with E-state index in [1.165, 1.54) is 24.0 Å². The molecular weight excluding hydrogens is 278 g/mol. The van der Waals surface area contributed by atoms with Crippen molar-refractivity contribution in [1.82, 2.24) is 15.3 Å². The van der Waals surface area contributed by atoms with Gasteiger partial charge >= 0.3 is 5.97 Å². The molecule has 7 heteroatoms. The minimum absolute atomic E-state index is 0.154. The summed E-state index contributed by atoms with van der Waals surface area (Å²) in [5.74, 6) is -0.788. The van der Waals surface area contributed by atoms with Crippen molar-refractivity contribution in [2.24, 2.45) is 0 Å². The number of hydrogen-bond acceptors (Lipinski definition) is 5. The van der Waals surface area contributed by atoms with Gasteiger partial charge < -0.3 is 15.4 Å². The largest absolute Gasteiger partial charge is 0.480 e. The van der Waals surface area contributed by atoms with Crippen LogP contribution in [0.2, 0.25) is 0 Å². The summed E-state index contributed by atoms with van der Waals surface area (Å²) in [7, 11) is 0. The first kappa shape index (κ1) is 15.1. The first-order valence-electron chi connectivity index (χ1n) is 6.76. The van der Waals surface area contributed by atoms with Crippen molar-refractivity contribution < 1.29 is 9.90 Å². The zero-order valence-electron chi connectivity index (χ0n) is 11.4. The minimum atomic E-state index is -0.831. The lowest BCUT2D eigenvalue weighted by Crippen LogP contribution is -2.50. The summed E-state index contributed by atoms with van der Waals surface area (Å²) < 4.78 is 0. The van der Waals surface area contributed by atoms with Crippen LogP contribution in [0.4, 0.5) is 0 Å². The van der Waals surface area contributed by atoms with Crippen molar-refractivity contribution in [2.45, 2.75) is 48.6 Å². The molecule has 110 valence electrons. The normalized spacial score (nSPS) is 25.8. The molecule has 1 aliphatic carbocycles. The molecule has 2 unspecified atom stereocenters. The maximum Gasteiger partial charge on any atom is 0.323 e. The van der Waals surface area contributed by atoms with Gasteiger partial charge in [0, 0.05) is 17.5 Å². The number of carboxylic acid groups (broad SMARTS) is 1. The van der Waals surface area contributed by atoms with Crippen LogP contribution in [-0.4, -0.2) is 38.4 Å². The Morgan fingerprint density at radius 2 is 2.50 bits per heavy atom. The number of hydrogen-bond donors (Lipinski definition) is 3. The molecule has 2 rings (SSSR count). The third kappa shape index (κ3) is 3.40. The Morgan fingerprint density at radius 3 is 3.15 bits per heavy atom. The van der Waals surface area contributed by atoms with Crippen molar-refractivity contribution in [3.63, 3.8) is 0 Å². The zero-order valence-corrected chi connectivity index (χ0v) is 12.2. The van der Waals surface area contributed by atoms with Crippen molar-refractivity contribution in [2.75, 3.05) is 6.54 Å². The summed E-state index contributed by atoms with van der Waals surface area (Å²) in [6.45, 7) is 2.71. The van der Waals surface area contributed by atoms with Gasteiger partial charge in [0.2, 0.25) is 0 Å². The molecule has 1 aromatic rings. The third-order valence-corrected chi connectivity index (χ3v) is 4.68. The predicted molar refractivity (Wildman–Crippen MR) is 77.0 cm³/mol. The third-order valence-electron chi connectivity index (χ3n) is 3.52. The van der Waals surface area contributed by atoms with Gasteiger partial charge in [0.1, 0.15) is 5.54 Å². The van der Waals surface area contributed by atoms with Crippen molar-refractivity contribution in [1.29, 1.82) is 0 Å². The molecule has 0 radical (unpaired) electrons. The topological polar surface area (TPSA) is 95.1 Å². The Morgan fingerprint density at radius 1 is 1.70 bits per heavy atom. The first-order chi connectivity index (χ1) is 9.55. The number of nitrogens with one attached hydrogen (secondary N) is 2. The van der Waals surface area contributed by atoms with Gasteiger partial charge in [-0.25, -0.2) is 4.98 Å². The van der Waals surface area contributed by atoms with E-state index in [2.05, 4.69) is 15.3 Å². The van der Waals surface area contributed by atoms with Gasteiger partial charge in [-0.1, -0.05) is 18.7 Å². The number of aliphatic carboxylic acids is 1. The van der Waals surface area contributed by atoms with Crippen LogP contribution in [0, 0.1) is 0 Å². The van der Waals surface area contributed by atoms with Crippen LogP contribution in [0.15, 0.2) is 22.2 Å². The number of rotatable bonds is 6. The lowest BCUT2D eigenvalue weighted by molar-refractivity contribution is -0.144. The van der Waals surface area contributed by atoms with Gasteiger partial charge in [0.25, 0.3) is 5.56 Å². The lowest BCUT2D eigenvalue weighted by Gasteiger charge is -2.25. The molecule has 0 aliphatic heterocycles. The molecule has 6 nitrogen and oxygen atoms in total. The monoisotopic (exact) mass is 297 g/mol. The van der Waals surface area contributed by atoms with E-state index in [0.29, 0.717) is 24.5 Å². The lowest BCUT2D eigenvalue weighted by atomic mass is 9.98. The smallest absolute Gasteiger partial charge is 0.323 e. The van der Waals surface area contributed by atoms with E-state index in [0.717, 1.165) is 12.8 Å². The number of aromatic amines is 1. The molecule has 3 N–H and O–H groups in total. The quantitative estimate of drug-likeness (QED) is 0.684. The average Bonchev–Trinajstić information content (AvgIpc) is 2.81. The molecule has 1 aromatic heterocycles. The Labute approximate surface area is 121 Å². The minimum Gasteiger partial charge on any atom is -0.480 e. The van der Waals surface area contributed by atoms with E-state index in [-0.39, 0.29) is 10.8 Å². The standard InChI is InChI=1S/C13H19N3O3S/c1-2-6-15-13(11(18)19)5-3-9(8-13)20-12-14-7-4-10(17)16-12/h4,7,9,15H,2-3,5-6,8H2,1H3,(H,18,19)(H,14,16,17). The second-order valence-corrected chi connectivity index (χ2v) is 6.33. The highest BCUT2D eigenvalue weighted by molar-refractivity contribution is 7.99. The Bertz CT molecular complexity index is 534. The summed E-state index contributed by atoms with van der Waals surface area (Å²) >= 11 is 1.45. The van der Waals surface area contributed by atoms with Crippen LogP contribution in [0.3, 0.4) is 0 Å². The van der Waals surface area contributed by atoms with Crippen molar-refractivity contribution in [3.05, 3.63) is 22.6 Å². The van der Waals surface area contributed by atoms with Crippen LogP contribution in [0.5, 0.6) is 0 Å². The number of nitrogens with zero attached hydrogens (tertiary/aromatic N) is 1. The molecule has 0 amide bonds. The molecule has 1 saturated carbocycles. The molecule has 1 heterocycles. The fraction of sp³-hybridized carbons (Fsp3) is 0.615. The van der Waals surface area contributed by atoms with Crippen LogP contribution >= 0.6 is 11.8 Å². The van der Waals surface area contributed by atoms with Gasteiger partial charge in [0.05, 0.1) is 0 Å². The van der Waals surface area contributed by atoms with Gasteiger partial charge in [-0.2, -0.15) is 0 Å². The number of carboxylic acids is 1. The van der Waals surface area contributed by atoms with E-state index in [1.54, 1.807) is 0 Å². The van der Waals surface area contributed by atoms with E-state index in [1.807, 2.05) is 6.92 Å². The maximum absolute atomic E-state index is 11.5. The van der Waals surface area contributed by atoms with Crippen molar-refractivity contribution >= 4 is 17.7 Å². The van der Waals surface area contributed by atoms with Gasteiger partial charge in [0.15, 0.2) is 5.16 Å². The number of H-pyrrole nitrogens is 1. The summed E-state index contributed by atoms with van der Waals surface area (Å²) in [5, 5.41) is 13.3. The molecule has 1 aliphatic rings. The number of thioether (sulfide) groups is 1. The van der Waals surface area contributed by atoms with E-state index >= 15 is 0 Å². The molecule has 0 aromatic carbocycles. The van der Waals surface area contributed by atoms with E-state index in [4.69, 9.17) is 0 Å². The van der Waals surface area contributed by atoms with E-state index < -0.39 is 11.5 Å². The Kier molecular flexibility index (Phi) is 4.82. The van der Waals surface area contributed by atoms with Gasteiger partial charge in [-0.3, -0.25) is 9.59 Å². The van der Waals surface area contributed by atoms with Gasteiger partial charge in [-0.15, -0.1) is 0 Å². The van der Waals surface area contributed by atoms with Crippen LogP contribution in [-0.2, 0) is 4.79 Å². The number of aromatic nitrogens is 2. The molecular formula is C13H19N3O3S. The summed E-state index contributed by atoms with van der Waals surface area (Å²) in [5.41, 5.74) is -1.02. The number of carbonyl (C=O) groups is 1. The molecule has 0 bridgehead atoms. The molecule has 1 fully saturated rings. The fourth-order valence-electron chi connectivity index (χ4n) is 2.47. The Hall–Kier alpha value is -1.34. The fourth-order valence-corrected chi connectivity index (χ4v) is 3.67. The first-order valence-corrected chi connectivity index (χ1v) is 7.64. The highest BCUT2D eigenvalue weighted by Gasteiger charge is 2.45. The Balaban J connectivity index is 2.03. The molecule has 0 saturated heterocycles. The van der Waals surface area contributed by atoms with Gasteiger partial charge in [-0.05, 0) is 32.2 Å².